The smallest absolute Gasteiger partial charge is 0.319 e. The van der Waals surface area contributed by atoms with E-state index < -0.39 is 23.6 Å². The number of nitrogens with zero attached hydrogens (tertiary/aromatic N) is 1. The highest BCUT2D eigenvalue weighted by molar-refractivity contribution is 6.31. The van der Waals surface area contributed by atoms with Crippen LogP contribution in [-0.2, 0) is 17.9 Å². The number of carbonyl (C=O) groups excluding carboxylic acids is 1. The number of hydrogen-bond acceptors (Lipinski definition) is 4. The van der Waals surface area contributed by atoms with E-state index in [0.717, 1.165) is 11.1 Å². The third kappa shape index (κ3) is 5.96. The van der Waals surface area contributed by atoms with E-state index in [1.807, 2.05) is 12.1 Å². The van der Waals surface area contributed by atoms with Crippen molar-refractivity contribution in [3.63, 3.8) is 0 Å². The van der Waals surface area contributed by atoms with Crippen LogP contribution in [0.2, 0.25) is 5.02 Å². The minimum absolute atomic E-state index is 0.0598. The molecule has 2 aromatic carbocycles. The number of carboxylic acid groups (broad SMARTS) is 1. The zero-order valence-electron chi connectivity index (χ0n) is 17.1. The van der Waals surface area contributed by atoms with E-state index in [9.17, 15) is 19.5 Å². The second-order valence-electron chi connectivity index (χ2n) is 7.14. The summed E-state index contributed by atoms with van der Waals surface area (Å²) in [4.78, 5) is 36.7. The Morgan fingerprint density at radius 1 is 1.06 bits per heavy atom. The minimum atomic E-state index is -1.07. The first-order chi connectivity index (χ1) is 15.4. The second kappa shape index (κ2) is 10.6. The molecule has 9 heteroatoms. The van der Waals surface area contributed by atoms with Crippen molar-refractivity contribution >= 4 is 29.3 Å². The van der Waals surface area contributed by atoms with E-state index in [1.165, 1.54) is 10.6 Å². The molecule has 166 valence electrons. The Bertz CT molecular complexity index is 1160. The maximum absolute atomic E-state index is 12.8. The van der Waals surface area contributed by atoms with Crippen molar-refractivity contribution in [2.24, 2.45) is 5.73 Å². The van der Waals surface area contributed by atoms with E-state index in [0.29, 0.717) is 17.1 Å². The maximum Gasteiger partial charge on any atom is 0.319 e. The molecule has 8 nitrogen and oxygen atoms in total. The van der Waals surface area contributed by atoms with Crippen molar-refractivity contribution in [2.75, 3.05) is 5.32 Å². The summed E-state index contributed by atoms with van der Waals surface area (Å²) in [6, 6.07) is 15.8. The van der Waals surface area contributed by atoms with Gasteiger partial charge in [-0.2, -0.15) is 0 Å². The van der Waals surface area contributed by atoms with Crippen molar-refractivity contribution in [2.45, 2.75) is 25.6 Å². The molecule has 1 aromatic heterocycles. The van der Waals surface area contributed by atoms with Crippen LogP contribution in [0.15, 0.2) is 71.7 Å². The Kier molecular flexibility index (Phi) is 7.64. The predicted octanol–water partition coefficient (Wildman–Crippen LogP) is 3.35. The molecule has 1 atom stereocenters. The average Bonchev–Trinajstić information content (AvgIpc) is 2.77. The van der Waals surface area contributed by atoms with Gasteiger partial charge < -0.3 is 26.0 Å². The summed E-state index contributed by atoms with van der Waals surface area (Å²) >= 11 is 6.18. The first kappa shape index (κ1) is 23.1. The van der Waals surface area contributed by atoms with Gasteiger partial charge in [-0.15, -0.1) is 0 Å². The van der Waals surface area contributed by atoms with E-state index in [2.05, 4.69) is 10.6 Å². The number of rotatable bonds is 8. The molecule has 1 heterocycles. The number of aliphatic carboxylic acids is 1. The maximum atomic E-state index is 12.8. The molecule has 0 bridgehead atoms. The van der Waals surface area contributed by atoms with Gasteiger partial charge in [-0.3, -0.25) is 9.59 Å². The lowest BCUT2D eigenvalue weighted by molar-refractivity contribution is -0.137. The summed E-state index contributed by atoms with van der Waals surface area (Å²) in [6.07, 6.45) is 1.28. The fourth-order valence-corrected chi connectivity index (χ4v) is 3.39. The molecule has 2 amide bonds. The number of amides is 2. The molecule has 3 rings (SSSR count). The van der Waals surface area contributed by atoms with Gasteiger partial charge in [0.05, 0.1) is 19.0 Å². The highest BCUT2D eigenvalue weighted by atomic mass is 35.5. The number of anilines is 1. The Morgan fingerprint density at radius 2 is 1.78 bits per heavy atom. The van der Waals surface area contributed by atoms with Crippen molar-refractivity contribution in [3.8, 4) is 0 Å². The molecule has 32 heavy (non-hydrogen) atoms. The van der Waals surface area contributed by atoms with Crippen LogP contribution in [0.3, 0.4) is 0 Å². The largest absolute Gasteiger partial charge is 0.481 e. The van der Waals surface area contributed by atoms with Crippen LogP contribution in [0.5, 0.6) is 0 Å². The van der Waals surface area contributed by atoms with E-state index in [4.69, 9.17) is 17.3 Å². The average molecular weight is 455 g/mol. The van der Waals surface area contributed by atoms with Crippen LogP contribution in [0.4, 0.5) is 10.5 Å². The highest BCUT2D eigenvalue weighted by Gasteiger charge is 2.19. The van der Waals surface area contributed by atoms with Crippen LogP contribution in [0.1, 0.15) is 29.2 Å². The normalized spacial score (nSPS) is 11.6. The molecular weight excluding hydrogens is 432 g/mol. The Balaban J connectivity index is 1.75. The van der Waals surface area contributed by atoms with Gasteiger partial charge in [0.2, 0.25) is 0 Å². The predicted molar refractivity (Wildman–Crippen MR) is 123 cm³/mol. The van der Waals surface area contributed by atoms with E-state index in [1.54, 1.807) is 48.7 Å². The molecule has 0 saturated carbocycles. The van der Waals surface area contributed by atoms with Gasteiger partial charge in [0, 0.05) is 17.8 Å². The Labute approximate surface area is 189 Å². The van der Waals surface area contributed by atoms with E-state index >= 15 is 0 Å². The molecule has 0 unspecified atom stereocenters. The standard InChI is InChI=1S/C23H23ClN4O4/c24-18-5-2-1-4-17(18)14-28-11-3-6-19(22(28)31)26-23(32)27-20(12-21(29)30)16-9-7-15(13-25)8-10-16/h1-11,20H,12-14,25H2,(H,29,30)(H2,26,27,32)/t20-/m0/s1. The fourth-order valence-electron chi connectivity index (χ4n) is 3.20. The summed E-state index contributed by atoms with van der Waals surface area (Å²) in [5.41, 5.74) is 7.51. The molecule has 0 aliphatic rings. The van der Waals surface area contributed by atoms with Gasteiger partial charge in [-0.1, -0.05) is 54.1 Å². The van der Waals surface area contributed by atoms with Crippen molar-refractivity contribution in [3.05, 3.63) is 98.9 Å². The van der Waals surface area contributed by atoms with Crippen molar-refractivity contribution in [1.29, 1.82) is 0 Å². The summed E-state index contributed by atoms with van der Waals surface area (Å²) in [5, 5.41) is 14.9. The van der Waals surface area contributed by atoms with Gasteiger partial charge in [-0.25, -0.2) is 4.79 Å². The molecule has 0 aliphatic heterocycles. The van der Waals surface area contributed by atoms with Crippen LogP contribution in [0, 0.1) is 0 Å². The van der Waals surface area contributed by atoms with Crippen molar-refractivity contribution in [1.82, 2.24) is 9.88 Å². The van der Waals surface area contributed by atoms with Crippen LogP contribution in [-0.4, -0.2) is 21.7 Å². The third-order valence-corrected chi connectivity index (χ3v) is 5.24. The number of urea groups is 1. The first-order valence-corrected chi connectivity index (χ1v) is 10.3. The number of carbonyl (C=O) groups is 2. The third-order valence-electron chi connectivity index (χ3n) is 4.87. The molecule has 0 spiro atoms. The topological polar surface area (TPSA) is 126 Å². The summed E-state index contributed by atoms with van der Waals surface area (Å²) in [5.74, 6) is -1.07. The monoisotopic (exact) mass is 454 g/mol. The number of nitrogens with one attached hydrogen (secondary N) is 2. The molecule has 0 radical (unpaired) electrons. The van der Waals surface area contributed by atoms with Crippen LogP contribution in [0.25, 0.3) is 0 Å². The molecule has 5 N–H and O–H groups in total. The molecule has 0 aliphatic carbocycles. The second-order valence-corrected chi connectivity index (χ2v) is 7.55. The number of nitrogens with two attached hydrogens (primary N) is 1. The van der Waals surface area contributed by atoms with E-state index in [-0.39, 0.29) is 18.7 Å². The summed E-state index contributed by atoms with van der Waals surface area (Å²) in [6.45, 7) is 0.594. The summed E-state index contributed by atoms with van der Waals surface area (Å²) < 4.78 is 1.43. The first-order valence-electron chi connectivity index (χ1n) is 9.88. The van der Waals surface area contributed by atoms with Gasteiger partial charge in [0.15, 0.2) is 0 Å². The van der Waals surface area contributed by atoms with Gasteiger partial charge in [-0.05, 0) is 34.9 Å². The molecule has 0 saturated heterocycles. The lowest BCUT2D eigenvalue weighted by Gasteiger charge is -2.18. The number of halogens is 1. The zero-order valence-corrected chi connectivity index (χ0v) is 17.9. The quantitative estimate of drug-likeness (QED) is 0.415. The summed E-state index contributed by atoms with van der Waals surface area (Å²) in [7, 11) is 0. The Morgan fingerprint density at radius 3 is 2.44 bits per heavy atom. The van der Waals surface area contributed by atoms with Crippen molar-refractivity contribution < 1.29 is 14.7 Å². The lowest BCUT2D eigenvalue weighted by Crippen LogP contribution is -2.36. The minimum Gasteiger partial charge on any atom is -0.481 e. The fraction of sp³-hybridized carbons (Fsp3) is 0.174. The van der Waals surface area contributed by atoms with Gasteiger partial charge in [0.25, 0.3) is 5.56 Å². The molecular formula is C23H23ClN4O4. The molecule has 3 aromatic rings. The number of aromatic nitrogens is 1. The number of hydrogen-bond donors (Lipinski definition) is 4. The van der Waals surface area contributed by atoms with Crippen LogP contribution < -0.4 is 21.9 Å². The van der Waals surface area contributed by atoms with Gasteiger partial charge in [0.1, 0.15) is 5.69 Å². The Hall–Kier alpha value is -3.62. The lowest BCUT2D eigenvalue weighted by atomic mass is 10.0. The highest BCUT2D eigenvalue weighted by Crippen LogP contribution is 2.18. The number of pyridine rings is 1. The number of carboxylic acids is 1. The zero-order chi connectivity index (χ0) is 23.1. The molecule has 0 fully saturated rings. The number of benzene rings is 2. The SMILES string of the molecule is NCc1ccc([C@H](CC(=O)O)NC(=O)Nc2cccn(Cc3ccccc3Cl)c2=O)cc1. The van der Waals surface area contributed by atoms with Crippen LogP contribution >= 0.6 is 11.6 Å². The van der Waals surface area contributed by atoms with Gasteiger partial charge >= 0.3 is 12.0 Å².